The van der Waals surface area contributed by atoms with Gasteiger partial charge in [0.25, 0.3) is 5.91 Å². The number of halogens is 2. The highest BCUT2D eigenvalue weighted by atomic mass is 32.2. The summed E-state index contributed by atoms with van der Waals surface area (Å²) in [6, 6.07) is 26.5. The van der Waals surface area contributed by atoms with E-state index in [9.17, 15) is 22.3 Å². The molecule has 1 N–H and O–H groups in total. The molecule has 1 unspecified atom stereocenters. The largest absolute Gasteiger partial charge is 0.755 e. The van der Waals surface area contributed by atoms with Crippen molar-refractivity contribution in [1.29, 1.82) is 0 Å². The minimum atomic E-state index is -2.80. The fourth-order valence-electron chi connectivity index (χ4n) is 7.64. The van der Waals surface area contributed by atoms with Gasteiger partial charge < -0.3 is 37.2 Å². The van der Waals surface area contributed by atoms with Crippen LogP contribution < -0.4 is 19.8 Å². The van der Waals surface area contributed by atoms with Gasteiger partial charge in [-0.1, -0.05) is 30.3 Å². The Morgan fingerprint density at radius 3 is 2.37 bits per heavy atom. The Kier molecular flexibility index (Phi) is 9.46. The second-order valence-corrected chi connectivity index (χ2v) is 16.5. The predicted molar refractivity (Wildman–Crippen MR) is 222 cm³/mol. The zero-order chi connectivity index (χ0) is 41.4. The van der Waals surface area contributed by atoms with E-state index in [4.69, 9.17) is 23.4 Å². The van der Waals surface area contributed by atoms with Crippen molar-refractivity contribution in [2.24, 2.45) is 0 Å². The van der Waals surface area contributed by atoms with E-state index in [-0.39, 0.29) is 41.7 Å². The van der Waals surface area contributed by atoms with Gasteiger partial charge in [-0.15, -0.1) is 0 Å². The molecule has 0 spiro atoms. The van der Waals surface area contributed by atoms with Gasteiger partial charge in [-0.2, -0.15) is 0 Å². The summed E-state index contributed by atoms with van der Waals surface area (Å²) in [5, 5.41) is 3.46. The Bertz CT molecular complexity index is 2810. The Morgan fingerprint density at radius 2 is 1.68 bits per heavy atom. The van der Waals surface area contributed by atoms with Gasteiger partial charge in [-0.05, 0) is 106 Å². The number of aromatic nitrogens is 2. The predicted octanol–water partition coefficient (Wildman–Crippen LogP) is 7.91. The monoisotopic (exact) mass is 815 g/mol. The maximum Gasteiger partial charge on any atom is 0.494 e. The van der Waals surface area contributed by atoms with Gasteiger partial charge >= 0.3 is 7.12 Å². The van der Waals surface area contributed by atoms with Gasteiger partial charge in [0.05, 0.1) is 39.4 Å². The Balaban J connectivity index is 1.16. The second-order valence-electron chi connectivity index (χ2n) is 15.6. The number of rotatable bonds is 9. The van der Waals surface area contributed by atoms with Crippen LogP contribution in [0, 0.1) is 11.6 Å². The quantitative estimate of drug-likeness (QED) is 0.115. The number of hydrogen-bond donors (Lipinski definition) is 1. The molecule has 7 aromatic rings. The molecule has 2 aliphatic heterocycles. The molecule has 300 valence electrons. The lowest BCUT2D eigenvalue weighted by Crippen LogP contribution is -2.41. The molecule has 0 aliphatic carbocycles. The lowest BCUT2D eigenvalue weighted by Gasteiger charge is -2.32. The van der Waals surface area contributed by atoms with Crippen molar-refractivity contribution in [3.05, 3.63) is 120 Å². The van der Waals surface area contributed by atoms with E-state index in [1.807, 2.05) is 56.5 Å². The second kappa shape index (κ2) is 14.4. The number of nitrogens with zero attached hydrogens (tertiary/aromatic N) is 3. The molecule has 3 aromatic heterocycles. The number of carbonyl (C=O) groups is 1. The van der Waals surface area contributed by atoms with E-state index in [2.05, 4.69) is 5.32 Å². The maximum absolute atomic E-state index is 15.0. The number of furan rings is 1. The molecular weight excluding hydrogens is 777 g/mol. The molecule has 0 bridgehead atoms. The molecule has 1 amide bonds. The molecule has 11 nitrogen and oxygen atoms in total. The van der Waals surface area contributed by atoms with Crippen molar-refractivity contribution in [2.45, 2.75) is 52.0 Å². The van der Waals surface area contributed by atoms with Gasteiger partial charge in [0.2, 0.25) is 0 Å². The third-order valence-electron chi connectivity index (χ3n) is 11.5. The normalized spacial score (nSPS) is 15.8. The van der Waals surface area contributed by atoms with Crippen molar-refractivity contribution in [2.75, 3.05) is 17.9 Å². The Morgan fingerprint density at radius 1 is 0.949 bits per heavy atom. The fraction of sp³-hybridized carbons (Fsp3) is 0.227. The van der Waals surface area contributed by atoms with Crippen LogP contribution in [0.1, 0.15) is 43.6 Å². The van der Waals surface area contributed by atoms with Crippen LogP contribution in [0.5, 0.6) is 5.75 Å². The smallest absolute Gasteiger partial charge is 0.494 e. The minimum absolute atomic E-state index is 0.0276. The number of nitrogens with one attached hydrogen (secondary N) is 1. The fourth-order valence-corrected chi connectivity index (χ4v) is 8.19. The third-order valence-corrected chi connectivity index (χ3v) is 12.3. The van der Waals surface area contributed by atoms with E-state index in [0.717, 1.165) is 11.0 Å². The maximum atomic E-state index is 15.0. The number of amides is 1. The van der Waals surface area contributed by atoms with Crippen molar-refractivity contribution in [3.63, 3.8) is 0 Å². The number of anilines is 1. The molecule has 0 radical (unpaired) electrons. The summed E-state index contributed by atoms with van der Waals surface area (Å²) < 4.78 is 83.4. The number of pyridine rings is 1. The molecule has 9 rings (SSSR count). The molecule has 4 aromatic carbocycles. The number of carbonyl (C=O) groups excluding carboxylic acids is 1. The molecule has 5 heterocycles. The average molecular weight is 816 g/mol. The molecule has 15 heteroatoms. The molecule has 1 atom stereocenters. The van der Waals surface area contributed by atoms with Crippen molar-refractivity contribution < 1.29 is 40.8 Å². The lowest BCUT2D eigenvalue weighted by molar-refractivity contribution is 0.00578. The molecular formula is C44H38BF2N4O7S-. The summed E-state index contributed by atoms with van der Waals surface area (Å²) in [4.78, 5) is 18.6. The third kappa shape index (κ3) is 6.67. The van der Waals surface area contributed by atoms with Crippen molar-refractivity contribution in [3.8, 4) is 39.7 Å². The summed E-state index contributed by atoms with van der Waals surface area (Å²) in [5.74, 6) is -0.666. The topological polar surface area (TPSA) is 131 Å². The highest BCUT2D eigenvalue weighted by Crippen LogP contribution is 2.44. The SMILES string of the molecule is CNC(=O)c1c(-c2ccc(F)cc2)oc2cc(N(CCc3ccc(B4OC(C)(C)C(C)(C)O4)cc3)S(=O)[O-])c(-c3ccc4c(n3)-c3cc5c(F)cccc5n3CO4)cc12. The van der Waals surface area contributed by atoms with E-state index in [1.165, 1.54) is 41.7 Å². The first-order valence-corrected chi connectivity index (χ1v) is 20.1. The standard InChI is InChI=1S/C44H39BF2N4O7S/c1-43(2)44(3,4)58-45(57-43)27-13-9-25(10-14-27)19-20-51(59(53)54)35-23-38-31(39(42(52)48-5)41(56-38)26-11-15-28(46)16-12-26)21-30(35)33-17-18-37-40(49-33)36-22-29-32(47)7-6-8-34(29)50(36)24-55-37/h6-18,21-23H,19-20,24H2,1-5H3,(H,48,52)(H,53,54)/p-1. The summed E-state index contributed by atoms with van der Waals surface area (Å²) >= 11 is -2.80. The Hall–Kier alpha value is -5.87. The van der Waals surface area contributed by atoms with E-state index in [0.29, 0.717) is 56.7 Å². The molecule has 59 heavy (non-hydrogen) atoms. The lowest BCUT2D eigenvalue weighted by atomic mass is 9.79. The number of hydrogen-bond acceptors (Lipinski definition) is 8. The molecule has 0 saturated carbocycles. The summed E-state index contributed by atoms with van der Waals surface area (Å²) in [6.45, 7) is 8.13. The van der Waals surface area contributed by atoms with Gasteiger partial charge in [-0.25, -0.2) is 13.8 Å². The van der Waals surface area contributed by atoms with Crippen LogP contribution in [-0.4, -0.2) is 56.1 Å². The number of fused-ring (bicyclic) bond motifs is 6. The van der Waals surface area contributed by atoms with Crippen LogP contribution >= 0.6 is 0 Å². The van der Waals surface area contributed by atoms with E-state index in [1.54, 1.807) is 42.5 Å². The van der Waals surface area contributed by atoms with Gasteiger partial charge in [-0.3, -0.25) is 9.00 Å². The minimum Gasteiger partial charge on any atom is -0.755 e. The highest BCUT2D eigenvalue weighted by Gasteiger charge is 2.51. The van der Waals surface area contributed by atoms with Gasteiger partial charge in [0, 0.05) is 52.8 Å². The zero-order valence-electron chi connectivity index (χ0n) is 32.8. The van der Waals surface area contributed by atoms with Crippen molar-refractivity contribution in [1.82, 2.24) is 14.9 Å². The highest BCUT2D eigenvalue weighted by molar-refractivity contribution is 7.80. The number of benzene rings is 4. The summed E-state index contributed by atoms with van der Waals surface area (Å²) in [7, 11) is 0.943. The van der Waals surface area contributed by atoms with Crippen LogP contribution in [0.25, 0.3) is 55.8 Å². The van der Waals surface area contributed by atoms with Crippen LogP contribution in [-0.2, 0) is 33.7 Å². The van der Waals surface area contributed by atoms with Gasteiger partial charge in [0.1, 0.15) is 34.4 Å². The molecule has 2 aliphatic rings. The number of ether oxygens (including phenoxy) is 1. The van der Waals surface area contributed by atoms with E-state index >= 15 is 0 Å². The van der Waals surface area contributed by atoms with Crippen LogP contribution in [0.3, 0.4) is 0 Å². The van der Waals surface area contributed by atoms with Gasteiger partial charge in [0.15, 0.2) is 6.73 Å². The van der Waals surface area contributed by atoms with Crippen LogP contribution in [0.15, 0.2) is 101 Å². The zero-order valence-corrected chi connectivity index (χ0v) is 33.6. The first-order valence-electron chi connectivity index (χ1n) is 19.1. The van der Waals surface area contributed by atoms with Crippen molar-refractivity contribution >= 4 is 57.3 Å². The average Bonchev–Trinajstić information content (AvgIpc) is 3.86. The molecule has 1 fully saturated rings. The van der Waals surface area contributed by atoms with Crippen LogP contribution in [0.2, 0.25) is 0 Å². The molecule has 1 saturated heterocycles. The first-order chi connectivity index (χ1) is 28.2. The first kappa shape index (κ1) is 38.6. The van der Waals surface area contributed by atoms with E-state index < -0.39 is 41.3 Å². The van der Waals surface area contributed by atoms with Crippen LogP contribution in [0.4, 0.5) is 14.5 Å². The Labute approximate surface area is 341 Å². The summed E-state index contributed by atoms with van der Waals surface area (Å²) in [5.41, 5.74) is 4.21. The summed E-state index contributed by atoms with van der Waals surface area (Å²) in [6.07, 6.45) is 0.328.